The highest BCUT2D eigenvalue weighted by Gasteiger charge is 2.13. The number of carbonyl (C=O) groups is 1. The first-order chi connectivity index (χ1) is 10.5. The molecule has 8 heteroatoms. The number of carbonyl (C=O) groups excluding carboxylic acids is 1. The summed E-state index contributed by atoms with van der Waals surface area (Å²) >= 11 is 0. The molecule has 0 fully saturated rings. The van der Waals surface area contributed by atoms with E-state index in [4.69, 9.17) is 4.74 Å². The lowest BCUT2D eigenvalue weighted by Crippen LogP contribution is -2.14. The lowest BCUT2D eigenvalue weighted by Gasteiger charge is -2.12. The second-order valence-corrected chi connectivity index (χ2v) is 4.24. The van der Waals surface area contributed by atoms with Crippen molar-refractivity contribution in [2.75, 3.05) is 12.4 Å². The molecule has 1 heterocycles. The molecule has 0 saturated carbocycles. The fourth-order valence-corrected chi connectivity index (χ4v) is 1.65. The molecule has 6 nitrogen and oxygen atoms in total. The first-order valence-electron chi connectivity index (χ1n) is 6.22. The van der Waals surface area contributed by atoms with Crippen molar-refractivity contribution in [1.82, 2.24) is 9.97 Å². The van der Waals surface area contributed by atoms with Crippen molar-refractivity contribution in [3.63, 3.8) is 0 Å². The van der Waals surface area contributed by atoms with Crippen LogP contribution >= 0.6 is 0 Å². The molecule has 2 aromatic rings. The van der Waals surface area contributed by atoms with Gasteiger partial charge in [0, 0.05) is 18.0 Å². The highest BCUT2D eigenvalue weighted by Crippen LogP contribution is 2.31. The number of rotatable bonds is 5. The number of halogens is 2. The normalized spacial score (nSPS) is 10.4. The van der Waals surface area contributed by atoms with Gasteiger partial charge >= 0.3 is 6.61 Å². The summed E-state index contributed by atoms with van der Waals surface area (Å²) in [6, 6.07) is 4.15. The summed E-state index contributed by atoms with van der Waals surface area (Å²) in [5.74, 6) is -0.556. The SMILES string of the molecule is COc1ccc(NC(=O)c2cnc(C)cn2)cc1OC(F)F. The standard InChI is InChI=1S/C14H13F2N3O3/c1-8-6-18-10(7-17-8)13(20)19-9-3-4-11(21-2)12(5-9)22-14(15)16/h3-7,14H,1-2H3,(H,19,20). The first kappa shape index (κ1) is 15.6. The van der Waals surface area contributed by atoms with Crippen molar-refractivity contribution >= 4 is 11.6 Å². The Bertz CT molecular complexity index is 663. The minimum atomic E-state index is -3.00. The third kappa shape index (κ3) is 3.87. The number of alkyl halides is 2. The summed E-state index contributed by atoms with van der Waals surface area (Å²) in [5, 5.41) is 2.52. The fourth-order valence-electron chi connectivity index (χ4n) is 1.65. The van der Waals surface area contributed by atoms with E-state index in [1.54, 1.807) is 6.92 Å². The number of anilines is 1. The summed E-state index contributed by atoms with van der Waals surface area (Å²) in [7, 11) is 1.33. The molecule has 0 spiro atoms. The predicted octanol–water partition coefficient (Wildman–Crippen LogP) is 2.65. The van der Waals surface area contributed by atoms with E-state index in [2.05, 4.69) is 20.0 Å². The maximum absolute atomic E-state index is 12.4. The molecule has 22 heavy (non-hydrogen) atoms. The Hall–Kier alpha value is -2.77. The lowest BCUT2D eigenvalue weighted by atomic mass is 10.2. The van der Waals surface area contributed by atoms with E-state index in [1.807, 2.05) is 0 Å². The van der Waals surface area contributed by atoms with Crippen LogP contribution < -0.4 is 14.8 Å². The zero-order chi connectivity index (χ0) is 16.1. The Labute approximate surface area is 125 Å². The van der Waals surface area contributed by atoms with Gasteiger partial charge in [0.1, 0.15) is 5.69 Å². The van der Waals surface area contributed by atoms with Crippen LogP contribution in [0.2, 0.25) is 0 Å². The van der Waals surface area contributed by atoms with E-state index in [-0.39, 0.29) is 22.9 Å². The average molecular weight is 309 g/mol. The van der Waals surface area contributed by atoms with Crippen LogP contribution in [0.1, 0.15) is 16.2 Å². The van der Waals surface area contributed by atoms with Crippen LogP contribution in [0, 0.1) is 6.92 Å². The van der Waals surface area contributed by atoms with Gasteiger partial charge in [-0.15, -0.1) is 0 Å². The molecule has 2 rings (SSSR count). The molecule has 0 saturated heterocycles. The largest absolute Gasteiger partial charge is 0.493 e. The zero-order valence-corrected chi connectivity index (χ0v) is 11.8. The first-order valence-corrected chi connectivity index (χ1v) is 6.22. The van der Waals surface area contributed by atoms with E-state index < -0.39 is 12.5 Å². The third-order valence-corrected chi connectivity index (χ3v) is 2.65. The second-order valence-electron chi connectivity index (χ2n) is 4.24. The van der Waals surface area contributed by atoms with E-state index >= 15 is 0 Å². The molecule has 0 atom stereocenters. The van der Waals surface area contributed by atoms with Crippen molar-refractivity contribution in [3.8, 4) is 11.5 Å². The molecule has 1 amide bonds. The van der Waals surface area contributed by atoms with Crippen LogP contribution in [-0.4, -0.2) is 29.6 Å². The van der Waals surface area contributed by atoms with Crippen LogP contribution in [0.15, 0.2) is 30.6 Å². The quantitative estimate of drug-likeness (QED) is 0.919. The number of ether oxygens (including phenoxy) is 2. The number of nitrogens with zero attached hydrogens (tertiary/aromatic N) is 2. The van der Waals surface area contributed by atoms with Gasteiger partial charge in [0.05, 0.1) is 19.0 Å². The Kier molecular flexibility index (Phi) is 4.82. The lowest BCUT2D eigenvalue weighted by molar-refractivity contribution is -0.0511. The predicted molar refractivity (Wildman–Crippen MR) is 74.3 cm³/mol. The highest BCUT2D eigenvalue weighted by atomic mass is 19.3. The number of aryl methyl sites for hydroxylation is 1. The van der Waals surface area contributed by atoms with Crippen LogP contribution in [0.5, 0.6) is 11.5 Å². The van der Waals surface area contributed by atoms with Gasteiger partial charge in [-0.3, -0.25) is 9.78 Å². The Balaban J connectivity index is 2.18. The van der Waals surface area contributed by atoms with Gasteiger partial charge in [0.15, 0.2) is 11.5 Å². The van der Waals surface area contributed by atoms with Crippen molar-refractivity contribution in [2.24, 2.45) is 0 Å². The van der Waals surface area contributed by atoms with Crippen molar-refractivity contribution in [1.29, 1.82) is 0 Å². The number of methoxy groups -OCH3 is 1. The van der Waals surface area contributed by atoms with E-state index in [0.29, 0.717) is 5.69 Å². The van der Waals surface area contributed by atoms with Crippen LogP contribution in [-0.2, 0) is 0 Å². The van der Waals surface area contributed by atoms with Crippen LogP contribution in [0.4, 0.5) is 14.5 Å². The van der Waals surface area contributed by atoms with Gasteiger partial charge in [-0.05, 0) is 19.1 Å². The minimum Gasteiger partial charge on any atom is -0.493 e. The van der Waals surface area contributed by atoms with Crippen molar-refractivity contribution in [3.05, 3.63) is 42.0 Å². The third-order valence-electron chi connectivity index (χ3n) is 2.65. The topological polar surface area (TPSA) is 73.3 Å². The molecule has 0 aliphatic heterocycles. The summed E-state index contributed by atoms with van der Waals surface area (Å²) in [6.07, 6.45) is 2.78. The van der Waals surface area contributed by atoms with Crippen molar-refractivity contribution < 1.29 is 23.0 Å². The van der Waals surface area contributed by atoms with Crippen LogP contribution in [0.25, 0.3) is 0 Å². The molecule has 116 valence electrons. The molecular weight excluding hydrogens is 296 g/mol. The van der Waals surface area contributed by atoms with Gasteiger partial charge in [-0.2, -0.15) is 8.78 Å². The number of benzene rings is 1. The highest BCUT2D eigenvalue weighted by molar-refractivity contribution is 6.02. The van der Waals surface area contributed by atoms with Gasteiger partial charge < -0.3 is 14.8 Å². The van der Waals surface area contributed by atoms with Gasteiger partial charge in [-0.1, -0.05) is 0 Å². The number of hydrogen-bond donors (Lipinski definition) is 1. The van der Waals surface area contributed by atoms with E-state index in [0.717, 1.165) is 0 Å². The number of aromatic nitrogens is 2. The molecular formula is C14H13F2N3O3. The maximum Gasteiger partial charge on any atom is 0.387 e. The van der Waals surface area contributed by atoms with Crippen LogP contribution in [0.3, 0.4) is 0 Å². The monoisotopic (exact) mass is 309 g/mol. The Morgan fingerprint density at radius 1 is 1.23 bits per heavy atom. The maximum atomic E-state index is 12.4. The summed E-state index contributed by atoms with van der Waals surface area (Å²) in [4.78, 5) is 19.9. The second kappa shape index (κ2) is 6.79. The zero-order valence-electron chi connectivity index (χ0n) is 11.8. The van der Waals surface area contributed by atoms with Gasteiger partial charge in [0.2, 0.25) is 0 Å². The molecule has 1 aromatic carbocycles. The average Bonchev–Trinajstić information content (AvgIpc) is 2.47. The summed E-state index contributed by atoms with van der Waals surface area (Å²) in [6.45, 7) is -1.26. The molecule has 1 N–H and O–H groups in total. The number of hydrogen-bond acceptors (Lipinski definition) is 5. The molecule has 0 radical (unpaired) electrons. The van der Waals surface area contributed by atoms with E-state index in [9.17, 15) is 13.6 Å². The Morgan fingerprint density at radius 3 is 2.59 bits per heavy atom. The van der Waals surface area contributed by atoms with Gasteiger partial charge in [0.25, 0.3) is 5.91 Å². The molecule has 0 aliphatic rings. The molecule has 0 unspecified atom stereocenters. The Morgan fingerprint density at radius 2 is 2.00 bits per heavy atom. The summed E-state index contributed by atoms with van der Waals surface area (Å²) in [5.41, 5.74) is 1.05. The molecule has 1 aromatic heterocycles. The minimum absolute atomic E-state index is 0.109. The van der Waals surface area contributed by atoms with Crippen molar-refractivity contribution in [2.45, 2.75) is 13.5 Å². The van der Waals surface area contributed by atoms with Gasteiger partial charge in [-0.25, -0.2) is 4.98 Å². The molecule has 0 aliphatic carbocycles. The number of amides is 1. The smallest absolute Gasteiger partial charge is 0.387 e. The van der Waals surface area contributed by atoms with E-state index in [1.165, 1.54) is 37.7 Å². The summed E-state index contributed by atoms with van der Waals surface area (Å²) < 4.78 is 34.0. The fraction of sp³-hybridized carbons (Fsp3) is 0.214. The number of nitrogens with one attached hydrogen (secondary N) is 1. The molecule has 0 bridgehead atoms.